The first-order valence-corrected chi connectivity index (χ1v) is 9.84. The fourth-order valence-electron chi connectivity index (χ4n) is 3.28. The van der Waals surface area contributed by atoms with Crippen molar-refractivity contribution in [2.75, 3.05) is 10.6 Å². The number of hydrogen-bond donors (Lipinski definition) is 3. The van der Waals surface area contributed by atoms with E-state index in [0.717, 1.165) is 12.1 Å². The molecule has 0 saturated heterocycles. The van der Waals surface area contributed by atoms with Crippen LogP contribution in [0.4, 0.5) is 29.5 Å². The Hall–Kier alpha value is -4.60. The lowest BCUT2D eigenvalue weighted by molar-refractivity contribution is -0.137. The Kier molecular flexibility index (Phi) is 6.05. The van der Waals surface area contributed by atoms with Crippen molar-refractivity contribution in [3.05, 3.63) is 90.1 Å². The molecule has 1 aromatic heterocycles. The van der Waals surface area contributed by atoms with Crippen molar-refractivity contribution in [1.82, 2.24) is 4.98 Å². The summed E-state index contributed by atoms with van der Waals surface area (Å²) in [7, 11) is 0. The third-order valence-electron chi connectivity index (χ3n) is 4.75. The lowest BCUT2D eigenvalue weighted by atomic mass is 10.0. The molecule has 4 rings (SSSR count). The van der Waals surface area contributed by atoms with Crippen molar-refractivity contribution in [3.8, 4) is 11.5 Å². The van der Waals surface area contributed by atoms with Crippen LogP contribution in [0.15, 0.2) is 79.0 Å². The van der Waals surface area contributed by atoms with E-state index in [1.807, 2.05) is 0 Å². The molecule has 10 heteroatoms. The number of pyridine rings is 1. The molecule has 1 heterocycles. The summed E-state index contributed by atoms with van der Waals surface area (Å²) >= 11 is 0. The highest BCUT2D eigenvalue weighted by Crippen LogP contribution is 2.32. The van der Waals surface area contributed by atoms with Crippen molar-refractivity contribution < 1.29 is 32.6 Å². The number of carbonyl (C=O) groups excluding carboxylic acids is 1. The molecule has 0 aliphatic carbocycles. The van der Waals surface area contributed by atoms with E-state index >= 15 is 0 Å². The summed E-state index contributed by atoms with van der Waals surface area (Å²) in [5.41, 5.74) is -0.554. The predicted molar refractivity (Wildman–Crippen MR) is 119 cm³/mol. The Morgan fingerprint density at radius 1 is 0.882 bits per heavy atom. The molecule has 3 N–H and O–H groups in total. The standard InChI is InChI=1S/C24H16F3N3O4/c25-24(26,27)15-4-2-5-16(12-15)29-22(31)20-6-1-3-14-11-17(7-8-19(14)20)34-18-9-10-28-21(13-18)30-23(32)33/h1-13H,(H,28,30)(H,29,31)(H,32,33). The van der Waals surface area contributed by atoms with Crippen LogP contribution in [0.3, 0.4) is 0 Å². The van der Waals surface area contributed by atoms with Gasteiger partial charge in [-0.2, -0.15) is 13.2 Å². The fourth-order valence-corrected chi connectivity index (χ4v) is 3.28. The quantitative estimate of drug-likeness (QED) is 0.316. The zero-order valence-electron chi connectivity index (χ0n) is 17.3. The maximum absolute atomic E-state index is 13.0. The number of nitrogens with zero attached hydrogens (tertiary/aromatic N) is 1. The van der Waals surface area contributed by atoms with Crippen molar-refractivity contribution in [3.63, 3.8) is 0 Å². The number of ether oxygens (including phenoxy) is 1. The van der Waals surface area contributed by atoms with Gasteiger partial charge in [0.05, 0.1) is 5.56 Å². The minimum absolute atomic E-state index is 0.0280. The van der Waals surface area contributed by atoms with Gasteiger partial charge in [0.1, 0.15) is 17.3 Å². The van der Waals surface area contributed by atoms with Gasteiger partial charge < -0.3 is 15.2 Å². The highest BCUT2D eigenvalue weighted by molar-refractivity contribution is 6.13. The van der Waals surface area contributed by atoms with E-state index < -0.39 is 23.7 Å². The van der Waals surface area contributed by atoms with Gasteiger partial charge in [-0.1, -0.05) is 18.2 Å². The van der Waals surface area contributed by atoms with Crippen molar-refractivity contribution >= 4 is 34.3 Å². The monoisotopic (exact) mass is 467 g/mol. The molecule has 0 spiro atoms. The molecule has 0 radical (unpaired) electrons. The number of aromatic nitrogens is 1. The number of halogens is 3. The first kappa shape index (κ1) is 22.6. The Morgan fingerprint density at radius 3 is 2.41 bits per heavy atom. The van der Waals surface area contributed by atoms with E-state index in [4.69, 9.17) is 9.84 Å². The summed E-state index contributed by atoms with van der Waals surface area (Å²) in [6, 6.07) is 17.3. The molecule has 0 bridgehead atoms. The Morgan fingerprint density at radius 2 is 1.65 bits per heavy atom. The molecule has 4 aromatic rings. The molecule has 2 amide bonds. The van der Waals surface area contributed by atoms with Crippen LogP contribution >= 0.6 is 0 Å². The number of anilines is 2. The fraction of sp³-hybridized carbons (Fsp3) is 0.0417. The van der Waals surface area contributed by atoms with Crippen molar-refractivity contribution in [1.29, 1.82) is 0 Å². The SMILES string of the molecule is O=C(O)Nc1cc(Oc2ccc3c(C(=O)Nc4cccc(C(F)(F)F)c4)cccc3c2)ccn1. The first-order chi connectivity index (χ1) is 16.2. The number of benzene rings is 3. The Bertz CT molecular complexity index is 1390. The molecule has 0 fully saturated rings. The van der Waals surface area contributed by atoms with Crippen molar-refractivity contribution in [2.45, 2.75) is 6.18 Å². The molecule has 7 nitrogen and oxygen atoms in total. The summed E-state index contributed by atoms with van der Waals surface area (Å²) in [6.45, 7) is 0. The van der Waals surface area contributed by atoms with E-state index in [2.05, 4.69) is 15.6 Å². The van der Waals surface area contributed by atoms with Crippen LogP contribution in [0.1, 0.15) is 15.9 Å². The maximum Gasteiger partial charge on any atom is 0.416 e. The number of hydrogen-bond acceptors (Lipinski definition) is 4. The lowest BCUT2D eigenvalue weighted by Crippen LogP contribution is -2.13. The summed E-state index contributed by atoms with van der Waals surface area (Å²) in [5, 5.41) is 14.7. The number of nitrogens with one attached hydrogen (secondary N) is 2. The molecular formula is C24H16F3N3O4. The molecule has 3 aromatic carbocycles. The summed E-state index contributed by atoms with van der Waals surface area (Å²) in [5.74, 6) is 0.309. The highest BCUT2D eigenvalue weighted by Gasteiger charge is 2.30. The van der Waals surface area contributed by atoms with E-state index in [-0.39, 0.29) is 17.1 Å². The molecule has 34 heavy (non-hydrogen) atoms. The molecule has 0 unspecified atom stereocenters. The molecule has 0 aliphatic rings. The van der Waals surface area contributed by atoms with Crippen LogP contribution in [0.2, 0.25) is 0 Å². The second kappa shape index (κ2) is 9.10. The van der Waals surface area contributed by atoms with Crippen LogP contribution in [-0.4, -0.2) is 22.1 Å². The van der Waals surface area contributed by atoms with Gasteiger partial charge in [0.15, 0.2) is 0 Å². The largest absolute Gasteiger partial charge is 0.465 e. The highest BCUT2D eigenvalue weighted by atomic mass is 19.4. The van der Waals surface area contributed by atoms with Gasteiger partial charge in [-0.3, -0.25) is 10.1 Å². The molecule has 172 valence electrons. The van der Waals surface area contributed by atoms with Gasteiger partial charge in [-0.05, 0) is 59.3 Å². The third kappa shape index (κ3) is 5.23. The average Bonchev–Trinajstić information content (AvgIpc) is 2.78. The average molecular weight is 467 g/mol. The first-order valence-electron chi connectivity index (χ1n) is 9.84. The summed E-state index contributed by atoms with van der Waals surface area (Å²) in [6.07, 6.45) is -4.39. The number of carbonyl (C=O) groups is 2. The topological polar surface area (TPSA) is 101 Å². The summed E-state index contributed by atoms with van der Waals surface area (Å²) in [4.78, 5) is 27.5. The minimum Gasteiger partial charge on any atom is -0.465 e. The number of amides is 2. The van der Waals surface area contributed by atoms with Gasteiger partial charge in [0.2, 0.25) is 0 Å². The zero-order valence-corrected chi connectivity index (χ0v) is 17.3. The lowest BCUT2D eigenvalue weighted by Gasteiger charge is -2.12. The predicted octanol–water partition coefficient (Wildman–Crippen LogP) is 6.39. The van der Waals surface area contributed by atoms with Crippen LogP contribution in [0, 0.1) is 0 Å². The minimum atomic E-state index is -4.52. The second-order valence-electron chi connectivity index (χ2n) is 7.13. The number of alkyl halides is 3. The van der Waals surface area contributed by atoms with Gasteiger partial charge in [-0.15, -0.1) is 0 Å². The van der Waals surface area contributed by atoms with Gasteiger partial charge in [0.25, 0.3) is 5.91 Å². The third-order valence-corrected chi connectivity index (χ3v) is 4.75. The van der Waals surface area contributed by atoms with Gasteiger partial charge in [0, 0.05) is 23.5 Å². The van der Waals surface area contributed by atoms with Crippen LogP contribution < -0.4 is 15.4 Å². The van der Waals surface area contributed by atoms with E-state index in [0.29, 0.717) is 22.3 Å². The second-order valence-corrected chi connectivity index (χ2v) is 7.13. The van der Waals surface area contributed by atoms with Gasteiger partial charge >= 0.3 is 12.3 Å². The summed E-state index contributed by atoms with van der Waals surface area (Å²) < 4.78 is 44.6. The molecular weight excluding hydrogens is 451 g/mol. The van der Waals surface area contributed by atoms with E-state index in [9.17, 15) is 22.8 Å². The van der Waals surface area contributed by atoms with Crippen LogP contribution in [0.25, 0.3) is 10.8 Å². The number of carboxylic acid groups (broad SMARTS) is 1. The molecule has 0 atom stereocenters. The molecule has 0 saturated carbocycles. The van der Waals surface area contributed by atoms with E-state index in [1.165, 1.54) is 24.4 Å². The zero-order chi connectivity index (χ0) is 24.3. The van der Waals surface area contributed by atoms with Crippen molar-refractivity contribution in [2.24, 2.45) is 0 Å². The Labute approximate surface area is 190 Å². The van der Waals surface area contributed by atoms with Crippen LogP contribution in [0.5, 0.6) is 11.5 Å². The Balaban J connectivity index is 1.57. The number of rotatable bonds is 5. The van der Waals surface area contributed by atoms with Gasteiger partial charge in [-0.25, -0.2) is 9.78 Å². The molecule has 0 aliphatic heterocycles. The van der Waals surface area contributed by atoms with Crippen LogP contribution in [-0.2, 0) is 6.18 Å². The number of fused-ring (bicyclic) bond motifs is 1. The maximum atomic E-state index is 13.0. The normalized spacial score (nSPS) is 11.1. The smallest absolute Gasteiger partial charge is 0.416 e. The van der Waals surface area contributed by atoms with E-state index in [1.54, 1.807) is 42.5 Å².